The van der Waals surface area contributed by atoms with Crippen LogP contribution in [0.2, 0.25) is 0 Å². The van der Waals surface area contributed by atoms with Gasteiger partial charge in [-0.05, 0) is 62.6 Å². The molecule has 2 aromatic carbocycles. The van der Waals surface area contributed by atoms with Crippen LogP contribution in [0.4, 0.5) is 20.2 Å². The zero-order chi connectivity index (χ0) is 20.1. The van der Waals surface area contributed by atoms with Gasteiger partial charge in [-0.15, -0.1) is 0 Å². The Labute approximate surface area is 162 Å². The van der Waals surface area contributed by atoms with Crippen LogP contribution in [-0.2, 0) is 9.53 Å². The van der Waals surface area contributed by atoms with Crippen LogP contribution in [0.5, 0.6) is 0 Å². The summed E-state index contributed by atoms with van der Waals surface area (Å²) in [6.07, 6.45) is 2.47. The molecule has 1 saturated heterocycles. The van der Waals surface area contributed by atoms with E-state index in [4.69, 9.17) is 4.74 Å². The number of piperidine rings is 1. The molecule has 0 radical (unpaired) electrons. The maximum Gasteiger partial charge on any atom is 0.341 e. The first-order chi connectivity index (χ1) is 13.4. The van der Waals surface area contributed by atoms with Crippen LogP contribution >= 0.6 is 0 Å². The Hall–Kier alpha value is -2.96. The number of esters is 1. The predicted octanol–water partition coefficient (Wildman–Crippen LogP) is 4.14. The van der Waals surface area contributed by atoms with Gasteiger partial charge in [0, 0.05) is 30.5 Å². The minimum atomic E-state index is -1.14. The summed E-state index contributed by atoms with van der Waals surface area (Å²) in [6.45, 7) is 3.44. The Bertz CT molecular complexity index is 849. The van der Waals surface area contributed by atoms with Crippen LogP contribution in [-0.4, -0.2) is 31.1 Å². The number of carbonyl (C=O) groups is 2. The van der Waals surface area contributed by atoms with Crippen molar-refractivity contribution in [2.24, 2.45) is 0 Å². The minimum absolute atomic E-state index is 0.424. The lowest BCUT2D eigenvalue weighted by molar-refractivity contribution is -0.123. The van der Waals surface area contributed by atoms with E-state index in [1.165, 1.54) is 26.2 Å². The molecule has 0 unspecified atom stereocenters. The lowest BCUT2D eigenvalue weighted by atomic mass is 10.1. The molecular weight excluding hydrogens is 366 g/mol. The van der Waals surface area contributed by atoms with Crippen molar-refractivity contribution in [3.63, 3.8) is 0 Å². The number of nitrogens with one attached hydrogen (secondary N) is 1. The van der Waals surface area contributed by atoms with Crippen LogP contribution in [0.25, 0.3) is 0 Å². The van der Waals surface area contributed by atoms with Crippen molar-refractivity contribution in [1.82, 2.24) is 0 Å². The number of benzene rings is 2. The van der Waals surface area contributed by atoms with E-state index >= 15 is 0 Å². The molecule has 1 heterocycles. The molecular formula is C21H22F2N2O3. The molecule has 0 aliphatic carbocycles. The van der Waals surface area contributed by atoms with Crippen molar-refractivity contribution in [3.05, 3.63) is 59.7 Å². The summed E-state index contributed by atoms with van der Waals surface area (Å²) >= 11 is 0. The molecule has 0 aromatic heterocycles. The van der Waals surface area contributed by atoms with Crippen molar-refractivity contribution in [1.29, 1.82) is 0 Å². The number of ether oxygens (including phenoxy) is 1. The summed E-state index contributed by atoms with van der Waals surface area (Å²) in [4.78, 5) is 26.5. The van der Waals surface area contributed by atoms with E-state index in [-0.39, 0.29) is 0 Å². The monoisotopic (exact) mass is 388 g/mol. The molecule has 0 saturated carbocycles. The second-order valence-corrected chi connectivity index (χ2v) is 6.76. The van der Waals surface area contributed by atoms with Crippen LogP contribution in [0.15, 0.2) is 42.5 Å². The van der Waals surface area contributed by atoms with Crippen molar-refractivity contribution >= 4 is 23.3 Å². The second-order valence-electron chi connectivity index (χ2n) is 6.76. The van der Waals surface area contributed by atoms with Crippen LogP contribution in [0, 0.1) is 11.6 Å². The minimum Gasteiger partial charge on any atom is -0.449 e. The molecule has 1 fully saturated rings. The quantitative estimate of drug-likeness (QED) is 0.782. The van der Waals surface area contributed by atoms with Crippen molar-refractivity contribution in [2.75, 3.05) is 23.3 Å². The molecule has 148 valence electrons. The smallest absolute Gasteiger partial charge is 0.341 e. The highest BCUT2D eigenvalue weighted by Crippen LogP contribution is 2.22. The molecule has 1 atom stereocenters. The maximum absolute atomic E-state index is 13.6. The van der Waals surface area contributed by atoms with Crippen LogP contribution < -0.4 is 10.2 Å². The van der Waals surface area contributed by atoms with Crippen molar-refractivity contribution in [3.8, 4) is 0 Å². The molecule has 7 heteroatoms. The van der Waals surface area contributed by atoms with Gasteiger partial charge in [0.15, 0.2) is 6.10 Å². The van der Waals surface area contributed by atoms with Gasteiger partial charge in [0.25, 0.3) is 5.91 Å². The maximum atomic E-state index is 13.6. The van der Waals surface area contributed by atoms with E-state index in [1.54, 1.807) is 12.1 Å². The molecule has 3 rings (SSSR count). The first kappa shape index (κ1) is 19.8. The number of halogens is 2. The normalized spacial score (nSPS) is 15.0. The number of nitrogens with zero attached hydrogens (tertiary/aromatic N) is 1. The third-order valence-corrected chi connectivity index (χ3v) is 4.66. The van der Waals surface area contributed by atoms with Gasteiger partial charge in [0.1, 0.15) is 11.6 Å². The summed E-state index contributed by atoms with van der Waals surface area (Å²) in [5.74, 6) is -3.40. The first-order valence-electron chi connectivity index (χ1n) is 9.26. The Morgan fingerprint density at radius 2 is 1.71 bits per heavy atom. The van der Waals surface area contributed by atoms with E-state index in [0.29, 0.717) is 11.8 Å². The summed E-state index contributed by atoms with van der Waals surface area (Å²) in [5.41, 5.74) is 1.25. The fraction of sp³-hybridized carbons (Fsp3) is 0.333. The number of hydrogen-bond donors (Lipinski definition) is 1. The predicted molar refractivity (Wildman–Crippen MR) is 102 cm³/mol. The molecule has 1 N–H and O–H groups in total. The van der Waals surface area contributed by atoms with Crippen LogP contribution in [0.1, 0.15) is 36.5 Å². The summed E-state index contributed by atoms with van der Waals surface area (Å²) in [7, 11) is 0. The first-order valence-corrected chi connectivity index (χ1v) is 9.26. The van der Waals surface area contributed by atoms with Gasteiger partial charge in [-0.25, -0.2) is 13.6 Å². The van der Waals surface area contributed by atoms with Gasteiger partial charge >= 0.3 is 5.97 Å². The number of rotatable bonds is 5. The fourth-order valence-corrected chi connectivity index (χ4v) is 3.08. The SMILES string of the molecule is C[C@@H](OC(=O)c1ccc(F)cc1F)C(=O)Nc1ccc(N2CCCCC2)cc1. The van der Waals surface area contributed by atoms with Gasteiger partial charge in [-0.2, -0.15) is 0 Å². The Morgan fingerprint density at radius 3 is 2.36 bits per heavy atom. The summed E-state index contributed by atoms with van der Waals surface area (Å²) < 4.78 is 31.6. The second kappa shape index (κ2) is 8.82. The number of amides is 1. The molecule has 28 heavy (non-hydrogen) atoms. The largest absolute Gasteiger partial charge is 0.449 e. The van der Waals surface area contributed by atoms with E-state index < -0.39 is 35.2 Å². The highest BCUT2D eigenvalue weighted by atomic mass is 19.1. The number of hydrogen-bond acceptors (Lipinski definition) is 4. The fourth-order valence-electron chi connectivity index (χ4n) is 3.08. The van der Waals surface area contributed by atoms with Crippen molar-refractivity contribution in [2.45, 2.75) is 32.3 Å². The molecule has 1 aliphatic heterocycles. The molecule has 5 nitrogen and oxygen atoms in total. The van der Waals surface area contributed by atoms with Gasteiger partial charge in [0.2, 0.25) is 0 Å². The molecule has 1 aliphatic rings. The topological polar surface area (TPSA) is 58.6 Å². The van der Waals surface area contributed by atoms with E-state index in [0.717, 1.165) is 30.9 Å². The average molecular weight is 388 g/mol. The Morgan fingerprint density at radius 1 is 1.04 bits per heavy atom. The molecule has 1 amide bonds. The van der Waals surface area contributed by atoms with Gasteiger partial charge in [-0.3, -0.25) is 4.79 Å². The number of anilines is 2. The third-order valence-electron chi connectivity index (χ3n) is 4.66. The number of carbonyl (C=O) groups excluding carboxylic acids is 2. The standard InChI is InChI=1S/C21H22F2N2O3/c1-14(28-21(27)18-10-5-15(22)13-19(18)23)20(26)24-16-6-8-17(9-7-16)25-11-3-2-4-12-25/h5-10,13-14H,2-4,11-12H2,1H3,(H,24,26)/t14-/m1/s1. The van der Waals surface area contributed by atoms with Crippen LogP contribution in [0.3, 0.4) is 0 Å². The third kappa shape index (κ3) is 4.85. The highest BCUT2D eigenvalue weighted by Gasteiger charge is 2.21. The Kier molecular flexibility index (Phi) is 6.23. The van der Waals surface area contributed by atoms with Gasteiger partial charge in [0.05, 0.1) is 5.56 Å². The molecule has 2 aromatic rings. The van der Waals surface area contributed by atoms with E-state index in [2.05, 4.69) is 10.2 Å². The Balaban J connectivity index is 1.56. The summed E-state index contributed by atoms with van der Waals surface area (Å²) in [6, 6.07) is 9.97. The molecule has 0 bridgehead atoms. The van der Waals surface area contributed by atoms with E-state index in [1.807, 2.05) is 12.1 Å². The average Bonchev–Trinajstić information content (AvgIpc) is 2.69. The molecule has 0 spiro atoms. The highest BCUT2D eigenvalue weighted by molar-refractivity contribution is 5.97. The summed E-state index contributed by atoms with van der Waals surface area (Å²) in [5, 5.41) is 2.66. The van der Waals surface area contributed by atoms with Crippen molar-refractivity contribution < 1.29 is 23.1 Å². The van der Waals surface area contributed by atoms with Gasteiger partial charge in [-0.1, -0.05) is 0 Å². The van der Waals surface area contributed by atoms with Gasteiger partial charge < -0.3 is 15.0 Å². The zero-order valence-corrected chi connectivity index (χ0v) is 15.6. The lowest BCUT2D eigenvalue weighted by Crippen LogP contribution is -2.30. The van der Waals surface area contributed by atoms with E-state index in [9.17, 15) is 18.4 Å². The lowest BCUT2D eigenvalue weighted by Gasteiger charge is -2.28. The zero-order valence-electron chi connectivity index (χ0n) is 15.6.